The number of carboxylic acid groups (broad SMARTS) is 1. The summed E-state index contributed by atoms with van der Waals surface area (Å²) in [6.45, 7) is 0. The van der Waals surface area contributed by atoms with Crippen LogP contribution in [0.2, 0.25) is 0 Å². The lowest BCUT2D eigenvalue weighted by molar-refractivity contribution is -0.297. The monoisotopic (exact) mass is 343 g/mol. The molecule has 0 spiro atoms. The van der Waals surface area contributed by atoms with Crippen LogP contribution in [0.1, 0.15) is 11.1 Å². The number of carbonyl (C=O) groups excluding carboxylic acids is 1. The van der Waals surface area contributed by atoms with Crippen molar-refractivity contribution in [1.82, 2.24) is 0 Å². The molecule has 0 radical (unpaired) electrons. The Morgan fingerprint density at radius 2 is 1.16 bits per heavy atom. The minimum Gasteiger partial charge on any atom is -0.545 e. The van der Waals surface area contributed by atoms with Gasteiger partial charge in [0.05, 0.1) is 34.4 Å². The maximum atomic E-state index is 11.2. The SMILES string of the molecule is COc1ccc(C(=CC(=O)[O-])c2ccc(OC)c(OC)c2)cc1OC. The molecule has 0 aliphatic carbocycles. The van der Waals surface area contributed by atoms with Crippen molar-refractivity contribution in [2.24, 2.45) is 0 Å². The predicted octanol–water partition coefficient (Wildman–Crippen LogP) is 1.90. The van der Waals surface area contributed by atoms with Gasteiger partial charge in [-0.1, -0.05) is 12.1 Å². The molecule has 0 saturated heterocycles. The normalized spacial score (nSPS) is 9.92. The molecule has 0 bridgehead atoms. The molecule has 0 N–H and O–H groups in total. The molecular weight excluding hydrogens is 324 g/mol. The molecular formula is C19H19O6-. The molecule has 132 valence electrons. The summed E-state index contributed by atoms with van der Waals surface area (Å²) in [6.07, 6.45) is 1.03. The predicted molar refractivity (Wildman–Crippen MR) is 91.2 cm³/mol. The largest absolute Gasteiger partial charge is 0.545 e. The molecule has 0 fully saturated rings. The van der Waals surface area contributed by atoms with Gasteiger partial charge in [-0.2, -0.15) is 0 Å². The number of rotatable bonds is 7. The number of aliphatic carboxylic acids is 1. The zero-order valence-corrected chi connectivity index (χ0v) is 14.5. The molecule has 0 saturated carbocycles. The molecule has 6 heteroatoms. The summed E-state index contributed by atoms with van der Waals surface area (Å²) in [5, 5.41) is 11.2. The van der Waals surface area contributed by atoms with E-state index in [0.717, 1.165) is 6.08 Å². The quantitative estimate of drug-likeness (QED) is 0.715. The second-order valence-electron chi connectivity index (χ2n) is 5.02. The van der Waals surface area contributed by atoms with Crippen LogP contribution in [-0.4, -0.2) is 34.4 Å². The Bertz CT molecular complexity index is 737. The first-order valence-electron chi connectivity index (χ1n) is 7.41. The van der Waals surface area contributed by atoms with Gasteiger partial charge >= 0.3 is 0 Å². The third-order valence-electron chi connectivity index (χ3n) is 3.65. The van der Waals surface area contributed by atoms with E-state index in [2.05, 4.69) is 0 Å². The van der Waals surface area contributed by atoms with Crippen molar-refractivity contribution in [2.75, 3.05) is 28.4 Å². The maximum Gasteiger partial charge on any atom is 0.161 e. The summed E-state index contributed by atoms with van der Waals surface area (Å²) in [7, 11) is 6.09. The molecule has 0 aliphatic heterocycles. The summed E-state index contributed by atoms with van der Waals surface area (Å²) < 4.78 is 21.0. The number of carboxylic acids is 1. The number of methoxy groups -OCH3 is 4. The van der Waals surface area contributed by atoms with Crippen LogP contribution >= 0.6 is 0 Å². The lowest BCUT2D eigenvalue weighted by Crippen LogP contribution is -2.19. The van der Waals surface area contributed by atoms with Crippen LogP contribution in [0.5, 0.6) is 23.0 Å². The van der Waals surface area contributed by atoms with E-state index >= 15 is 0 Å². The number of ether oxygens (including phenoxy) is 4. The third-order valence-corrected chi connectivity index (χ3v) is 3.65. The van der Waals surface area contributed by atoms with Crippen molar-refractivity contribution < 1.29 is 28.8 Å². The lowest BCUT2D eigenvalue weighted by atomic mass is 9.96. The summed E-state index contributed by atoms with van der Waals surface area (Å²) in [6, 6.07) is 10.3. The van der Waals surface area contributed by atoms with Crippen LogP contribution in [0.25, 0.3) is 5.57 Å². The summed E-state index contributed by atoms with van der Waals surface area (Å²) in [5.41, 5.74) is 1.71. The molecule has 2 aromatic carbocycles. The average Bonchev–Trinajstić information content (AvgIpc) is 2.64. The molecule has 0 atom stereocenters. The Labute approximate surface area is 146 Å². The number of benzene rings is 2. The first-order valence-corrected chi connectivity index (χ1v) is 7.41. The Morgan fingerprint density at radius 1 is 0.760 bits per heavy atom. The second-order valence-corrected chi connectivity index (χ2v) is 5.02. The minimum atomic E-state index is -1.31. The van der Waals surface area contributed by atoms with E-state index in [0.29, 0.717) is 39.7 Å². The summed E-state index contributed by atoms with van der Waals surface area (Å²) in [5.74, 6) is 0.770. The van der Waals surface area contributed by atoms with Crippen molar-refractivity contribution in [2.45, 2.75) is 0 Å². The second kappa shape index (κ2) is 8.10. The Balaban J connectivity index is 2.60. The number of hydrogen-bond donors (Lipinski definition) is 0. The van der Waals surface area contributed by atoms with Gasteiger partial charge in [-0.05, 0) is 47.0 Å². The fourth-order valence-electron chi connectivity index (χ4n) is 2.46. The summed E-state index contributed by atoms with van der Waals surface area (Å²) >= 11 is 0. The van der Waals surface area contributed by atoms with Crippen molar-refractivity contribution in [3.8, 4) is 23.0 Å². The van der Waals surface area contributed by atoms with Crippen molar-refractivity contribution in [3.05, 3.63) is 53.6 Å². The first kappa shape index (κ1) is 18.2. The molecule has 0 unspecified atom stereocenters. The van der Waals surface area contributed by atoms with Crippen LogP contribution < -0.4 is 24.1 Å². The highest BCUT2D eigenvalue weighted by Crippen LogP contribution is 2.36. The van der Waals surface area contributed by atoms with Crippen molar-refractivity contribution >= 4 is 11.5 Å². The van der Waals surface area contributed by atoms with Gasteiger partial charge < -0.3 is 28.8 Å². The van der Waals surface area contributed by atoms with E-state index < -0.39 is 5.97 Å². The molecule has 0 aromatic heterocycles. The molecule has 2 aromatic rings. The van der Waals surface area contributed by atoms with Gasteiger partial charge in [0, 0.05) is 0 Å². The van der Waals surface area contributed by atoms with Crippen molar-refractivity contribution in [1.29, 1.82) is 0 Å². The molecule has 0 aliphatic rings. The Morgan fingerprint density at radius 3 is 1.48 bits per heavy atom. The van der Waals surface area contributed by atoms with Gasteiger partial charge in [0.15, 0.2) is 23.0 Å². The van der Waals surface area contributed by atoms with E-state index in [1.807, 2.05) is 0 Å². The Hall–Kier alpha value is -3.15. The molecule has 2 rings (SSSR count). The van der Waals surface area contributed by atoms with Crippen LogP contribution in [0.4, 0.5) is 0 Å². The Kier molecular flexibility index (Phi) is 5.89. The van der Waals surface area contributed by atoms with Crippen LogP contribution in [0.15, 0.2) is 42.5 Å². The maximum absolute atomic E-state index is 11.2. The minimum absolute atomic E-state index is 0.446. The fourth-order valence-corrected chi connectivity index (χ4v) is 2.46. The van der Waals surface area contributed by atoms with Crippen molar-refractivity contribution in [3.63, 3.8) is 0 Å². The molecule has 0 heterocycles. The van der Waals surface area contributed by atoms with Gasteiger partial charge in [0.2, 0.25) is 0 Å². The summed E-state index contributed by atoms with van der Waals surface area (Å²) in [4.78, 5) is 11.2. The van der Waals surface area contributed by atoms with Gasteiger partial charge in [-0.3, -0.25) is 0 Å². The highest BCUT2D eigenvalue weighted by atomic mass is 16.5. The van der Waals surface area contributed by atoms with Crippen LogP contribution in [0.3, 0.4) is 0 Å². The van der Waals surface area contributed by atoms with Crippen LogP contribution in [0, 0.1) is 0 Å². The first-order chi connectivity index (χ1) is 12.0. The van der Waals surface area contributed by atoms with Gasteiger partial charge in [-0.25, -0.2) is 0 Å². The van der Waals surface area contributed by atoms with Crippen LogP contribution in [-0.2, 0) is 4.79 Å². The fraction of sp³-hybridized carbons (Fsp3) is 0.211. The molecule has 0 amide bonds. The molecule has 25 heavy (non-hydrogen) atoms. The van der Waals surface area contributed by atoms with E-state index in [-0.39, 0.29) is 0 Å². The highest BCUT2D eigenvalue weighted by Gasteiger charge is 2.13. The molecule has 6 nitrogen and oxygen atoms in total. The topological polar surface area (TPSA) is 77.1 Å². The highest BCUT2D eigenvalue weighted by molar-refractivity contribution is 5.95. The third kappa shape index (κ3) is 4.03. The zero-order valence-electron chi connectivity index (χ0n) is 14.5. The smallest absolute Gasteiger partial charge is 0.161 e. The number of carbonyl (C=O) groups is 1. The van der Waals surface area contributed by atoms with Gasteiger partial charge in [0.25, 0.3) is 0 Å². The average molecular weight is 343 g/mol. The van der Waals surface area contributed by atoms with E-state index in [9.17, 15) is 9.90 Å². The van der Waals surface area contributed by atoms with Gasteiger partial charge in [-0.15, -0.1) is 0 Å². The lowest BCUT2D eigenvalue weighted by Gasteiger charge is -2.15. The van der Waals surface area contributed by atoms with E-state index in [1.165, 1.54) is 28.4 Å². The van der Waals surface area contributed by atoms with E-state index in [1.54, 1.807) is 36.4 Å². The zero-order chi connectivity index (χ0) is 18.4. The van der Waals surface area contributed by atoms with Gasteiger partial charge in [0.1, 0.15) is 0 Å². The standard InChI is InChI=1S/C19H20O6/c1-22-15-7-5-12(9-17(15)24-3)14(11-19(20)21)13-6-8-16(23-2)18(10-13)25-4/h5-11H,1-4H3,(H,20,21)/p-1. The van der Waals surface area contributed by atoms with E-state index in [4.69, 9.17) is 18.9 Å². The number of hydrogen-bond acceptors (Lipinski definition) is 6.